The summed E-state index contributed by atoms with van der Waals surface area (Å²) < 4.78 is 11.6. The lowest BCUT2D eigenvalue weighted by atomic mass is 10.1. The fourth-order valence-corrected chi connectivity index (χ4v) is 3.41. The smallest absolute Gasteiger partial charge is 0.255 e. The van der Waals surface area contributed by atoms with Crippen LogP contribution in [0.5, 0.6) is 11.5 Å². The van der Waals surface area contributed by atoms with E-state index in [-0.39, 0.29) is 5.91 Å². The molecule has 156 valence electrons. The minimum Gasteiger partial charge on any atom is -0.493 e. The molecule has 0 radical (unpaired) electrons. The van der Waals surface area contributed by atoms with Crippen molar-refractivity contribution >= 4 is 44.6 Å². The van der Waals surface area contributed by atoms with Crippen molar-refractivity contribution in [3.8, 4) is 11.5 Å². The topological polar surface area (TPSA) is 76.2 Å². The first-order valence-electron chi connectivity index (χ1n) is 9.53. The van der Waals surface area contributed by atoms with Gasteiger partial charge in [0.25, 0.3) is 5.91 Å². The first-order valence-corrected chi connectivity index (χ1v) is 10.3. The van der Waals surface area contributed by atoms with Crippen molar-refractivity contribution < 1.29 is 14.3 Å². The van der Waals surface area contributed by atoms with Gasteiger partial charge in [-0.3, -0.25) is 4.79 Å². The number of para-hydroxylation sites is 2. The zero-order valence-corrected chi connectivity index (χ0v) is 18.6. The van der Waals surface area contributed by atoms with Gasteiger partial charge in [0.15, 0.2) is 17.3 Å². The quantitative estimate of drug-likeness (QED) is 0.396. The van der Waals surface area contributed by atoms with Gasteiger partial charge in [-0.1, -0.05) is 40.2 Å². The molecule has 0 fully saturated rings. The van der Waals surface area contributed by atoms with Crippen molar-refractivity contribution in [2.45, 2.75) is 0 Å². The molecule has 1 heterocycles. The van der Waals surface area contributed by atoms with E-state index in [0.29, 0.717) is 28.6 Å². The second-order valence-corrected chi connectivity index (χ2v) is 7.65. The van der Waals surface area contributed by atoms with E-state index in [1.54, 1.807) is 25.3 Å². The molecule has 0 bridgehead atoms. The third-order valence-corrected chi connectivity index (χ3v) is 5.25. The van der Waals surface area contributed by atoms with Crippen LogP contribution in [0.2, 0.25) is 0 Å². The SMILES string of the molecule is COc1ccc(C(=O)N/C(=C\c2ccc(Br)cc2)c2nc3ccccc3[nH]2)cc1OC. The summed E-state index contributed by atoms with van der Waals surface area (Å²) in [7, 11) is 3.09. The molecule has 1 amide bonds. The molecule has 4 aromatic rings. The summed E-state index contributed by atoms with van der Waals surface area (Å²) in [5.74, 6) is 1.32. The maximum absolute atomic E-state index is 13.1. The summed E-state index contributed by atoms with van der Waals surface area (Å²) in [5.41, 5.74) is 3.62. The molecule has 6 nitrogen and oxygen atoms in total. The van der Waals surface area contributed by atoms with Gasteiger partial charge in [-0.15, -0.1) is 0 Å². The van der Waals surface area contributed by atoms with Crippen LogP contribution >= 0.6 is 15.9 Å². The molecular formula is C24H20BrN3O3. The average molecular weight is 478 g/mol. The van der Waals surface area contributed by atoms with E-state index in [2.05, 4.69) is 31.2 Å². The molecule has 0 saturated heterocycles. The number of nitrogens with one attached hydrogen (secondary N) is 2. The highest BCUT2D eigenvalue weighted by atomic mass is 79.9. The fraction of sp³-hybridized carbons (Fsp3) is 0.0833. The highest BCUT2D eigenvalue weighted by Gasteiger charge is 2.15. The monoisotopic (exact) mass is 477 g/mol. The maximum atomic E-state index is 13.1. The van der Waals surface area contributed by atoms with Gasteiger partial charge >= 0.3 is 0 Å². The number of fused-ring (bicyclic) bond motifs is 1. The molecule has 0 aliphatic carbocycles. The lowest BCUT2D eigenvalue weighted by Crippen LogP contribution is -2.22. The number of aromatic amines is 1. The molecule has 31 heavy (non-hydrogen) atoms. The van der Waals surface area contributed by atoms with E-state index in [0.717, 1.165) is 21.1 Å². The zero-order chi connectivity index (χ0) is 21.8. The Morgan fingerprint density at radius 2 is 1.74 bits per heavy atom. The van der Waals surface area contributed by atoms with Crippen LogP contribution in [-0.2, 0) is 0 Å². The first-order chi connectivity index (χ1) is 15.1. The number of imidazole rings is 1. The number of ether oxygens (including phenoxy) is 2. The van der Waals surface area contributed by atoms with Crippen LogP contribution in [0.4, 0.5) is 0 Å². The normalized spacial score (nSPS) is 11.4. The van der Waals surface area contributed by atoms with Gasteiger partial charge in [-0.25, -0.2) is 4.98 Å². The van der Waals surface area contributed by atoms with E-state index in [4.69, 9.17) is 9.47 Å². The molecule has 4 rings (SSSR count). The van der Waals surface area contributed by atoms with Crippen molar-refractivity contribution in [1.29, 1.82) is 0 Å². The zero-order valence-electron chi connectivity index (χ0n) is 17.0. The molecule has 3 aromatic carbocycles. The highest BCUT2D eigenvalue weighted by molar-refractivity contribution is 9.10. The van der Waals surface area contributed by atoms with Crippen LogP contribution in [0.25, 0.3) is 22.8 Å². The number of carbonyl (C=O) groups excluding carboxylic acids is 1. The Kier molecular flexibility index (Phi) is 6.04. The minimum atomic E-state index is -0.287. The Labute approximate surface area is 188 Å². The van der Waals surface area contributed by atoms with Gasteiger partial charge in [0.05, 0.1) is 31.0 Å². The minimum absolute atomic E-state index is 0.287. The van der Waals surface area contributed by atoms with Crippen molar-refractivity contribution in [3.05, 3.63) is 88.2 Å². The third-order valence-electron chi connectivity index (χ3n) is 4.72. The van der Waals surface area contributed by atoms with E-state index in [1.165, 1.54) is 7.11 Å². The van der Waals surface area contributed by atoms with Crippen molar-refractivity contribution in [1.82, 2.24) is 15.3 Å². The van der Waals surface area contributed by atoms with Crippen LogP contribution in [0, 0.1) is 0 Å². The van der Waals surface area contributed by atoms with Crippen molar-refractivity contribution in [2.75, 3.05) is 14.2 Å². The first kappa shape index (κ1) is 20.7. The fourth-order valence-electron chi connectivity index (χ4n) is 3.14. The van der Waals surface area contributed by atoms with E-state index >= 15 is 0 Å². The second kappa shape index (κ2) is 9.06. The van der Waals surface area contributed by atoms with Gasteiger partial charge < -0.3 is 19.8 Å². The lowest BCUT2D eigenvalue weighted by molar-refractivity contribution is 0.0973. The van der Waals surface area contributed by atoms with Crippen LogP contribution in [0.3, 0.4) is 0 Å². The van der Waals surface area contributed by atoms with E-state index in [9.17, 15) is 4.79 Å². The number of H-pyrrole nitrogens is 1. The predicted octanol–water partition coefficient (Wildman–Crippen LogP) is 5.27. The Balaban J connectivity index is 1.72. The van der Waals surface area contributed by atoms with Crippen LogP contribution < -0.4 is 14.8 Å². The van der Waals surface area contributed by atoms with Gasteiger partial charge in [0, 0.05) is 10.0 Å². The number of benzene rings is 3. The number of aromatic nitrogens is 2. The number of methoxy groups -OCH3 is 2. The van der Waals surface area contributed by atoms with E-state index in [1.807, 2.05) is 54.6 Å². The molecule has 1 aromatic heterocycles. The molecule has 0 aliphatic heterocycles. The Hall–Kier alpha value is -3.58. The molecule has 0 saturated carbocycles. The number of carbonyl (C=O) groups is 1. The van der Waals surface area contributed by atoms with Crippen molar-refractivity contribution in [3.63, 3.8) is 0 Å². The largest absolute Gasteiger partial charge is 0.493 e. The van der Waals surface area contributed by atoms with Gasteiger partial charge in [0.1, 0.15) is 0 Å². The summed E-state index contributed by atoms with van der Waals surface area (Å²) >= 11 is 3.44. The second-order valence-electron chi connectivity index (χ2n) is 6.74. The number of rotatable bonds is 6. The molecule has 0 unspecified atom stereocenters. The maximum Gasteiger partial charge on any atom is 0.255 e. The molecule has 7 heteroatoms. The number of hydrogen-bond acceptors (Lipinski definition) is 4. The van der Waals surface area contributed by atoms with E-state index < -0.39 is 0 Å². The molecule has 0 spiro atoms. The summed E-state index contributed by atoms with van der Waals surface area (Å²) in [6.07, 6.45) is 1.88. The molecule has 0 aliphatic rings. The van der Waals surface area contributed by atoms with Gasteiger partial charge in [-0.2, -0.15) is 0 Å². The summed E-state index contributed by atoms with van der Waals surface area (Å²) in [6, 6.07) is 20.5. The predicted molar refractivity (Wildman–Crippen MR) is 125 cm³/mol. The van der Waals surface area contributed by atoms with Crippen LogP contribution in [-0.4, -0.2) is 30.1 Å². The van der Waals surface area contributed by atoms with Gasteiger partial charge in [0.2, 0.25) is 0 Å². The number of halogens is 1. The Morgan fingerprint density at radius 3 is 2.45 bits per heavy atom. The standard InChI is InChI=1S/C24H20BrN3O3/c1-30-21-12-9-16(14-22(21)31-2)24(29)28-20(13-15-7-10-17(25)11-8-15)23-26-18-5-3-4-6-19(18)27-23/h3-14H,1-2H3,(H,26,27)(H,28,29)/b20-13-. The van der Waals surface area contributed by atoms with Crippen LogP contribution in [0.15, 0.2) is 71.2 Å². The molecule has 2 N–H and O–H groups in total. The van der Waals surface area contributed by atoms with Crippen molar-refractivity contribution in [2.24, 2.45) is 0 Å². The molecular weight excluding hydrogens is 458 g/mol. The summed E-state index contributed by atoms with van der Waals surface area (Å²) in [5, 5.41) is 2.98. The van der Waals surface area contributed by atoms with Gasteiger partial charge in [-0.05, 0) is 54.1 Å². The highest BCUT2D eigenvalue weighted by Crippen LogP contribution is 2.28. The summed E-state index contributed by atoms with van der Waals surface area (Å²) in [6.45, 7) is 0. The molecule has 0 atom stereocenters. The number of hydrogen-bond donors (Lipinski definition) is 2. The average Bonchev–Trinajstić information content (AvgIpc) is 3.23. The summed E-state index contributed by atoms with van der Waals surface area (Å²) in [4.78, 5) is 21.0. The number of nitrogens with zero attached hydrogens (tertiary/aromatic N) is 1. The Bertz CT molecular complexity index is 1230. The van der Waals surface area contributed by atoms with Crippen LogP contribution in [0.1, 0.15) is 21.7 Å². The lowest BCUT2D eigenvalue weighted by Gasteiger charge is -2.11. The Morgan fingerprint density at radius 1 is 1.00 bits per heavy atom. The third kappa shape index (κ3) is 4.62. The number of amides is 1.